The van der Waals surface area contributed by atoms with E-state index in [1.165, 1.54) is 12.8 Å². The van der Waals surface area contributed by atoms with Gasteiger partial charge in [-0.05, 0) is 25.1 Å². The maximum absolute atomic E-state index is 11.9. The van der Waals surface area contributed by atoms with Crippen molar-refractivity contribution < 1.29 is 9.53 Å². The van der Waals surface area contributed by atoms with Crippen LogP contribution in [0.25, 0.3) is 0 Å². The molecule has 0 saturated carbocycles. The molecule has 2 aliphatic rings. The first kappa shape index (κ1) is 17.7. The van der Waals surface area contributed by atoms with Crippen LogP contribution in [0, 0.1) is 0 Å². The third kappa shape index (κ3) is 3.11. The number of fused-ring (bicyclic) bond motifs is 1. The number of methoxy groups -OCH3 is 1. The number of likely N-dealkylation sites (N-methyl/N-ethyl adjacent to an activating group) is 1. The molecule has 2 heterocycles. The van der Waals surface area contributed by atoms with Gasteiger partial charge in [0.2, 0.25) is 0 Å². The minimum absolute atomic E-state index is 0.0510. The molecular formula is C18H25ClN4O2. The third-order valence-electron chi connectivity index (χ3n) is 4.91. The van der Waals surface area contributed by atoms with Crippen molar-refractivity contribution in [2.24, 2.45) is 0 Å². The first-order valence-corrected chi connectivity index (χ1v) is 8.97. The second kappa shape index (κ2) is 7.04. The molecule has 6 nitrogen and oxygen atoms in total. The lowest BCUT2D eigenvalue weighted by Crippen LogP contribution is -2.45. The van der Waals surface area contributed by atoms with Crippen molar-refractivity contribution in [2.45, 2.75) is 13.1 Å². The molecule has 1 unspecified atom stereocenters. The highest BCUT2D eigenvalue weighted by Gasteiger charge is 2.35. The van der Waals surface area contributed by atoms with E-state index in [4.69, 9.17) is 16.3 Å². The molecule has 0 bridgehead atoms. The summed E-state index contributed by atoms with van der Waals surface area (Å²) < 4.78 is 4.87. The number of benzene rings is 1. The Kier molecular flexibility index (Phi) is 4.99. The van der Waals surface area contributed by atoms with Crippen molar-refractivity contribution in [3.05, 3.63) is 35.7 Å². The van der Waals surface area contributed by atoms with Crippen molar-refractivity contribution >= 4 is 28.9 Å². The fraction of sp³-hybridized carbons (Fsp3) is 0.500. The summed E-state index contributed by atoms with van der Waals surface area (Å²) in [6.45, 7) is 4.76. The van der Waals surface area contributed by atoms with Crippen LogP contribution in [0.3, 0.4) is 0 Å². The molecule has 1 atom stereocenters. The molecule has 0 saturated heterocycles. The van der Waals surface area contributed by atoms with E-state index in [2.05, 4.69) is 39.8 Å². The van der Waals surface area contributed by atoms with E-state index in [0.29, 0.717) is 11.4 Å². The number of hydrogen-bond donors (Lipinski definition) is 0. The quantitative estimate of drug-likeness (QED) is 0.590. The fourth-order valence-corrected chi connectivity index (χ4v) is 3.93. The maximum Gasteiger partial charge on any atom is 0.337 e. The molecule has 0 aromatic heterocycles. The number of rotatable bonds is 5. The summed E-state index contributed by atoms with van der Waals surface area (Å²) in [6.07, 6.45) is 2.23. The number of esters is 1. The van der Waals surface area contributed by atoms with Crippen LogP contribution in [-0.4, -0.2) is 68.8 Å². The summed E-state index contributed by atoms with van der Waals surface area (Å²) in [5.74, 6) is 0.156. The predicted octanol–water partition coefficient (Wildman–Crippen LogP) is 2.36. The monoisotopic (exact) mass is 364 g/mol. The Morgan fingerprint density at radius 2 is 2.08 bits per heavy atom. The Balaban J connectivity index is 1.96. The zero-order valence-corrected chi connectivity index (χ0v) is 16.0. The molecule has 1 aromatic rings. The molecule has 3 rings (SSSR count). The predicted molar refractivity (Wildman–Crippen MR) is 101 cm³/mol. The summed E-state index contributed by atoms with van der Waals surface area (Å²) in [5, 5.41) is 0. The van der Waals surface area contributed by atoms with Crippen molar-refractivity contribution in [3.8, 4) is 0 Å². The Labute approximate surface area is 154 Å². The smallest absolute Gasteiger partial charge is 0.337 e. The number of ether oxygens (including phenoxy) is 1. The van der Waals surface area contributed by atoms with E-state index < -0.39 is 0 Å². The zero-order valence-electron chi connectivity index (χ0n) is 15.2. The lowest BCUT2D eigenvalue weighted by atomic mass is 10.1. The van der Waals surface area contributed by atoms with Crippen LogP contribution in [0.15, 0.2) is 30.1 Å². The summed E-state index contributed by atoms with van der Waals surface area (Å²) in [7, 11) is 5.52. The maximum atomic E-state index is 11.9. The van der Waals surface area contributed by atoms with Crippen LogP contribution < -0.4 is 9.80 Å². The normalized spacial score (nSPS) is 19.4. The Hall–Kier alpha value is -2.08. The third-order valence-corrected chi connectivity index (χ3v) is 5.19. The second-order valence-electron chi connectivity index (χ2n) is 6.44. The van der Waals surface area contributed by atoms with E-state index in [1.54, 1.807) is 6.07 Å². The van der Waals surface area contributed by atoms with E-state index >= 15 is 0 Å². The van der Waals surface area contributed by atoms with Gasteiger partial charge >= 0.3 is 5.97 Å². The van der Waals surface area contributed by atoms with Crippen LogP contribution in [0.1, 0.15) is 17.3 Å². The van der Waals surface area contributed by atoms with Gasteiger partial charge < -0.3 is 24.3 Å². The number of carbonyl (C=O) groups is 1. The second-order valence-corrected chi connectivity index (χ2v) is 6.75. The largest absolute Gasteiger partial charge is 0.465 e. The average Bonchev–Trinajstić information content (AvgIpc) is 3.11. The first-order valence-electron chi connectivity index (χ1n) is 8.43. The van der Waals surface area contributed by atoms with Gasteiger partial charge in [-0.25, -0.2) is 4.79 Å². The summed E-state index contributed by atoms with van der Waals surface area (Å²) in [6, 6.07) is 5.67. The Bertz CT molecular complexity index is 694. The van der Waals surface area contributed by atoms with E-state index in [1.807, 2.05) is 19.2 Å². The highest BCUT2D eigenvalue weighted by molar-refractivity contribution is 6.18. The van der Waals surface area contributed by atoms with Crippen LogP contribution in [-0.2, 0) is 4.74 Å². The van der Waals surface area contributed by atoms with Crippen molar-refractivity contribution in [1.82, 2.24) is 9.80 Å². The SMILES string of the molecule is CCN1CN(C)C=C1CN1c2cc(C(=O)OC)ccc2N(C)C1CCl. The number of alkyl halides is 1. The van der Waals surface area contributed by atoms with Crippen molar-refractivity contribution in [3.63, 3.8) is 0 Å². The number of carbonyl (C=O) groups excluding carboxylic acids is 1. The van der Waals surface area contributed by atoms with Crippen LogP contribution >= 0.6 is 11.6 Å². The van der Waals surface area contributed by atoms with E-state index in [0.717, 1.165) is 31.1 Å². The summed E-state index contributed by atoms with van der Waals surface area (Å²) in [5.41, 5.74) is 3.90. The standard InChI is InChI=1S/C18H25ClN4O2/c1-5-22-12-20(2)10-14(22)11-23-16-8-13(18(24)25-4)6-7-15(16)21(3)17(23)9-19/h6-8,10,17H,5,9,11-12H2,1-4H3. The minimum atomic E-state index is -0.324. The molecule has 0 aliphatic carbocycles. The van der Waals surface area contributed by atoms with Crippen molar-refractivity contribution in [2.75, 3.05) is 56.6 Å². The molecule has 1 aromatic carbocycles. The molecule has 25 heavy (non-hydrogen) atoms. The molecule has 7 heteroatoms. The van der Waals surface area contributed by atoms with E-state index in [-0.39, 0.29) is 12.1 Å². The Morgan fingerprint density at radius 1 is 1.32 bits per heavy atom. The first-order chi connectivity index (χ1) is 12.0. The fourth-order valence-electron chi connectivity index (χ4n) is 3.56. The summed E-state index contributed by atoms with van der Waals surface area (Å²) >= 11 is 6.28. The van der Waals surface area contributed by atoms with Crippen molar-refractivity contribution in [1.29, 1.82) is 0 Å². The van der Waals surface area contributed by atoms with Gasteiger partial charge in [-0.15, -0.1) is 11.6 Å². The molecule has 0 fully saturated rings. The van der Waals surface area contributed by atoms with Gasteiger partial charge in [-0.3, -0.25) is 0 Å². The van der Waals surface area contributed by atoms with Gasteiger partial charge in [0.1, 0.15) is 6.17 Å². The number of anilines is 2. The minimum Gasteiger partial charge on any atom is -0.465 e. The lowest BCUT2D eigenvalue weighted by molar-refractivity contribution is 0.0601. The van der Waals surface area contributed by atoms with Gasteiger partial charge in [0.05, 0.1) is 48.8 Å². The highest BCUT2D eigenvalue weighted by atomic mass is 35.5. The zero-order chi connectivity index (χ0) is 18.1. The molecule has 0 radical (unpaired) electrons. The van der Waals surface area contributed by atoms with Gasteiger partial charge in [0.15, 0.2) is 0 Å². The van der Waals surface area contributed by atoms with E-state index in [9.17, 15) is 4.79 Å². The Morgan fingerprint density at radius 3 is 2.72 bits per heavy atom. The number of halogens is 1. The molecular weight excluding hydrogens is 340 g/mol. The number of nitrogens with zero attached hydrogens (tertiary/aromatic N) is 4. The molecule has 0 amide bonds. The highest BCUT2D eigenvalue weighted by Crippen LogP contribution is 2.40. The van der Waals surface area contributed by atoms with Crippen LogP contribution in [0.4, 0.5) is 11.4 Å². The summed E-state index contributed by atoms with van der Waals surface area (Å²) in [4.78, 5) is 20.9. The molecule has 136 valence electrons. The van der Waals surface area contributed by atoms with Crippen LogP contribution in [0.2, 0.25) is 0 Å². The topological polar surface area (TPSA) is 39.3 Å². The number of hydrogen-bond acceptors (Lipinski definition) is 6. The lowest BCUT2D eigenvalue weighted by Gasteiger charge is -2.31. The van der Waals surface area contributed by atoms with Gasteiger partial charge in [-0.2, -0.15) is 0 Å². The van der Waals surface area contributed by atoms with Gasteiger partial charge in [0.25, 0.3) is 0 Å². The molecule has 0 N–H and O–H groups in total. The molecule has 2 aliphatic heterocycles. The average molecular weight is 365 g/mol. The van der Waals surface area contributed by atoms with Gasteiger partial charge in [0, 0.05) is 26.8 Å². The van der Waals surface area contributed by atoms with Gasteiger partial charge in [-0.1, -0.05) is 0 Å². The van der Waals surface area contributed by atoms with Crippen LogP contribution in [0.5, 0.6) is 0 Å². The molecule has 0 spiro atoms.